The molecule has 230 valence electrons. The highest BCUT2D eigenvalue weighted by Crippen LogP contribution is 2.42. The van der Waals surface area contributed by atoms with E-state index in [1.807, 2.05) is 30.3 Å². The Balaban J connectivity index is 1.60. The Labute approximate surface area is 250 Å². The van der Waals surface area contributed by atoms with E-state index in [1.54, 1.807) is 17.1 Å². The fourth-order valence-corrected chi connectivity index (χ4v) is 6.72. The Kier molecular flexibility index (Phi) is 9.06. The molecule has 4 rings (SSSR count). The van der Waals surface area contributed by atoms with Crippen LogP contribution in [0.1, 0.15) is 59.8 Å². The second-order valence-corrected chi connectivity index (χ2v) is 23.9. The van der Waals surface area contributed by atoms with Crippen molar-refractivity contribution in [3.63, 3.8) is 0 Å². The van der Waals surface area contributed by atoms with E-state index in [-0.39, 0.29) is 28.8 Å². The Morgan fingerprint density at radius 2 is 1.62 bits per heavy atom. The van der Waals surface area contributed by atoms with E-state index < -0.39 is 34.1 Å². The normalized spacial score (nSPS) is 20.3. The number of hydrogen-bond donors (Lipinski definition) is 1. The monoisotopic (exact) mass is 613 g/mol. The molecule has 1 N–H and O–H groups in total. The van der Waals surface area contributed by atoms with Crippen molar-refractivity contribution in [2.24, 2.45) is 0 Å². The topological polar surface area (TPSA) is 113 Å². The zero-order valence-corrected chi connectivity index (χ0v) is 28.7. The lowest BCUT2D eigenvalue weighted by molar-refractivity contribution is -0.0413. The molecule has 0 unspecified atom stereocenters. The zero-order valence-electron chi connectivity index (χ0n) is 26.7. The minimum absolute atomic E-state index is 0.00825. The first-order valence-corrected chi connectivity index (χ1v) is 20.5. The SMILES string of the molecule is CC(C)(C)[Si](C)(C)OC[C@H]1O[C@@H](n2cc(Cn3cc(-c4ccccc4)nn3)c(=O)[nH]c2=O)C[C@@H]1O[Si](C)(C)C(C)(C)C. The first-order valence-electron chi connectivity index (χ1n) is 14.6. The predicted molar refractivity (Wildman–Crippen MR) is 170 cm³/mol. The molecule has 10 nitrogen and oxygen atoms in total. The van der Waals surface area contributed by atoms with E-state index >= 15 is 0 Å². The zero-order chi connectivity index (χ0) is 31.1. The molecule has 2 aromatic heterocycles. The summed E-state index contributed by atoms with van der Waals surface area (Å²) in [4.78, 5) is 28.4. The van der Waals surface area contributed by atoms with Crippen molar-refractivity contribution in [2.75, 3.05) is 6.61 Å². The number of rotatable bonds is 9. The quantitative estimate of drug-likeness (QED) is 0.315. The smallest absolute Gasteiger partial charge is 0.330 e. The number of nitrogens with zero attached hydrogens (tertiary/aromatic N) is 4. The molecule has 0 amide bonds. The number of nitrogens with one attached hydrogen (secondary N) is 1. The molecule has 0 aliphatic carbocycles. The van der Waals surface area contributed by atoms with Crippen molar-refractivity contribution in [1.29, 1.82) is 0 Å². The fourth-order valence-electron chi connectivity index (χ4n) is 4.35. The van der Waals surface area contributed by atoms with E-state index in [2.05, 4.69) is 83.0 Å². The third-order valence-electron chi connectivity index (χ3n) is 9.14. The maximum atomic E-state index is 13.1. The third kappa shape index (κ3) is 7.11. The number of hydrogen-bond acceptors (Lipinski definition) is 7. The molecule has 0 spiro atoms. The number of aromatic nitrogens is 5. The van der Waals surface area contributed by atoms with E-state index in [9.17, 15) is 9.59 Å². The van der Waals surface area contributed by atoms with Crippen LogP contribution in [-0.4, -0.2) is 60.0 Å². The van der Waals surface area contributed by atoms with Crippen molar-refractivity contribution in [3.8, 4) is 11.3 Å². The minimum Gasteiger partial charge on any atom is -0.414 e. The second-order valence-electron chi connectivity index (χ2n) is 14.3. The van der Waals surface area contributed by atoms with Crippen molar-refractivity contribution in [1.82, 2.24) is 24.5 Å². The molecule has 0 saturated carbocycles. The summed E-state index contributed by atoms with van der Waals surface area (Å²) in [6, 6.07) is 9.71. The predicted octanol–water partition coefficient (Wildman–Crippen LogP) is 5.54. The number of H-pyrrole nitrogens is 1. The van der Waals surface area contributed by atoms with Crippen molar-refractivity contribution in [2.45, 2.75) is 109 Å². The lowest BCUT2D eigenvalue weighted by Crippen LogP contribution is -2.48. The first-order chi connectivity index (χ1) is 19.4. The Bertz CT molecular complexity index is 1480. The van der Waals surface area contributed by atoms with Gasteiger partial charge in [0.1, 0.15) is 18.0 Å². The summed E-state index contributed by atoms with van der Waals surface area (Å²) in [5, 5.41) is 8.50. The van der Waals surface area contributed by atoms with E-state index in [1.165, 1.54) is 4.57 Å². The number of aromatic amines is 1. The molecular formula is C30H47N5O5Si2. The summed E-state index contributed by atoms with van der Waals surface area (Å²) in [6.07, 6.45) is 2.65. The van der Waals surface area contributed by atoms with Crippen molar-refractivity contribution in [3.05, 3.63) is 69.1 Å². The van der Waals surface area contributed by atoms with Gasteiger partial charge in [-0.05, 0) is 36.3 Å². The van der Waals surface area contributed by atoms with Crippen LogP contribution in [0.3, 0.4) is 0 Å². The highest BCUT2D eigenvalue weighted by molar-refractivity contribution is 6.74. The van der Waals surface area contributed by atoms with Crippen LogP contribution in [0.5, 0.6) is 0 Å². The Morgan fingerprint density at radius 3 is 2.24 bits per heavy atom. The molecule has 1 fully saturated rings. The largest absolute Gasteiger partial charge is 0.414 e. The van der Waals surface area contributed by atoms with Crippen LogP contribution in [0, 0.1) is 0 Å². The second kappa shape index (κ2) is 11.8. The van der Waals surface area contributed by atoms with Crippen LogP contribution in [0.15, 0.2) is 52.3 Å². The molecule has 0 bridgehead atoms. The van der Waals surface area contributed by atoms with Gasteiger partial charge in [-0.25, -0.2) is 9.48 Å². The molecule has 1 saturated heterocycles. The van der Waals surface area contributed by atoms with E-state index in [0.29, 0.717) is 24.3 Å². The molecular weight excluding hydrogens is 567 g/mol. The summed E-state index contributed by atoms with van der Waals surface area (Å²) in [6.45, 7) is 22.7. The molecule has 3 heterocycles. The Hall–Kier alpha value is -2.65. The summed E-state index contributed by atoms with van der Waals surface area (Å²) in [5.41, 5.74) is 1.04. The molecule has 1 aliphatic rings. The summed E-state index contributed by atoms with van der Waals surface area (Å²) in [5.74, 6) is 0. The number of ether oxygens (including phenoxy) is 1. The van der Waals surface area contributed by atoms with Crippen LogP contribution in [0.2, 0.25) is 36.3 Å². The van der Waals surface area contributed by atoms with Gasteiger partial charge in [0, 0.05) is 18.2 Å². The minimum atomic E-state index is -2.15. The van der Waals surface area contributed by atoms with Gasteiger partial charge < -0.3 is 13.6 Å². The average molecular weight is 614 g/mol. The van der Waals surface area contributed by atoms with Crippen LogP contribution in [0.25, 0.3) is 11.3 Å². The standard InChI is InChI=1S/C30H47N5O5Si2/c1-29(2,3)41(7,8)38-20-25-24(40-42(9,10)30(4,5)6)16-26(39-25)35-18-22(27(36)31-28(35)37)17-34-19-23(32-33-34)21-14-12-11-13-15-21/h11-15,18-19,24-26H,16-17,20H2,1-10H3,(H,31,36,37)/t24-,25+,26+/m0/s1. The van der Waals surface area contributed by atoms with E-state index in [4.69, 9.17) is 13.6 Å². The van der Waals surface area contributed by atoms with Gasteiger partial charge in [0.25, 0.3) is 5.56 Å². The van der Waals surface area contributed by atoms with Gasteiger partial charge in [-0.2, -0.15) is 0 Å². The molecule has 3 atom stereocenters. The molecule has 1 aliphatic heterocycles. The van der Waals surface area contributed by atoms with Crippen molar-refractivity contribution >= 4 is 16.6 Å². The molecule has 3 aromatic rings. The van der Waals surface area contributed by atoms with Crippen LogP contribution < -0.4 is 11.2 Å². The first kappa shape index (κ1) is 32.3. The van der Waals surface area contributed by atoms with Gasteiger partial charge in [0.05, 0.1) is 31.0 Å². The van der Waals surface area contributed by atoms with Crippen LogP contribution in [0.4, 0.5) is 0 Å². The molecule has 12 heteroatoms. The van der Waals surface area contributed by atoms with Crippen LogP contribution in [-0.2, 0) is 20.1 Å². The van der Waals surface area contributed by atoms with Gasteiger partial charge in [0.15, 0.2) is 16.6 Å². The third-order valence-corrected chi connectivity index (χ3v) is 18.1. The van der Waals surface area contributed by atoms with Crippen LogP contribution >= 0.6 is 0 Å². The summed E-state index contributed by atoms with van der Waals surface area (Å²) in [7, 11) is -4.20. The fraction of sp³-hybridized carbons (Fsp3) is 0.600. The highest BCUT2D eigenvalue weighted by atomic mass is 28.4. The van der Waals surface area contributed by atoms with E-state index in [0.717, 1.165) is 5.56 Å². The van der Waals surface area contributed by atoms with Gasteiger partial charge in [-0.3, -0.25) is 14.3 Å². The highest BCUT2D eigenvalue weighted by Gasteiger charge is 2.46. The molecule has 42 heavy (non-hydrogen) atoms. The number of benzene rings is 1. The van der Waals surface area contributed by atoms with Gasteiger partial charge in [-0.1, -0.05) is 77.1 Å². The maximum absolute atomic E-state index is 13.1. The maximum Gasteiger partial charge on any atom is 0.330 e. The molecule has 0 radical (unpaired) electrons. The summed E-state index contributed by atoms with van der Waals surface area (Å²) >= 11 is 0. The lowest BCUT2D eigenvalue weighted by atomic mass is 10.2. The molecule has 1 aromatic carbocycles. The Morgan fingerprint density at radius 1 is 0.976 bits per heavy atom. The van der Waals surface area contributed by atoms with Gasteiger partial charge in [-0.15, -0.1) is 5.10 Å². The van der Waals surface area contributed by atoms with Gasteiger partial charge >= 0.3 is 5.69 Å². The lowest BCUT2D eigenvalue weighted by Gasteiger charge is -2.40. The average Bonchev–Trinajstić information content (AvgIpc) is 3.50. The summed E-state index contributed by atoms with van der Waals surface area (Å²) < 4.78 is 23.0. The van der Waals surface area contributed by atoms with Crippen molar-refractivity contribution < 1.29 is 13.6 Å². The van der Waals surface area contributed by atoms with Gasteiger partial charge in [0.2, 0.25) is 0 Å².